The van der Waals surface area contributed by atoms with Gasteiger partial charge in [-0.3, -0.25) is 14.9 Å². The van der Waals surface area contributed by atoms with E-state index in [4.69, 9.17) is 16.3 Å². The van der Waals surface area contributed by atoms with Crippen LogP contribution in [0.3, 0.4) is 0 Å². The molecule has 0 bridgehead atoms. The van der Waals surface area contributed by atoms with Crippen LogP contribution in [0.2, 0.25) is 5.02 Å². The minimum atomic E-state index is -0.704. The molecule has 10 heteroatoms. The third kappa shape index (κ3) is 5.72. The molecule has 33 heavy (non-hydrogen) atoms. The number of carbonyl (C=O) groups is 3. The number of anilines is 1. The number of rotatable bonds is 7. The van der Waals surface area contributed by atoms with E-state index in [1.165, 1.54) is 25.3 Å². The van der Waals surface area contributed by atoms with Crippen molar-refractivity contribution in [1.82, 2.24) is 0 Å². The van der Waals surface area contributed by atoms with Gasteiger partial charge in [0.15, 0.2) is 0 Å². The number of nitrogens with zero attached hydrogens (tertiary/aromatic N) is 1. The lowest BCUT2D eigenvalue weighted by atomic mass is 10.1. The van der Waals surface area contributed by atoms with E-state index in [2.05, 4.69) is 10.1 Å². The topological polar surface area (TPSA) is 125 Å². The van der Waals surface area contributed by atoms with Crippen LogP contribution in [0.1, 0.15) is 36.6 Å². The van der Waals surface area contributed by atoms with Crippen molar-refractivity contribution in [3.05, 3.63) is 104 Å². The summed E-state index contributed by atoms with van der Waals surface area (Å²) in [5, 5.41) is 13.3. The second-order valence-corrected chi connectivity index (χ2v) is 7.10. The van der Waals surface area contributed by atoms with Crippen molar-refractivity contribution >= 4 is 40.8 Å². The summed E-state index contributed by atoms with van der Waals surface area (Å²) in [4.78, 5) is 47.2. The summed E-state index contributed by atoms with van der Waals surface area (Å²) in [5.41, 5.74) is 0.907. The minimum Gasteiger partial charge on any atom is -0.465 e. The number of hydrogen-bond acceptors (Lipinski definition) is 7. The van der Waals surface area contributed by atoms with Crippen LogP contribution in [-0.4, -0.2) is 29.9 Å². The van der Waals surface area contributed by atoms with Crippen LogP contribution in [0.15, 0.2) is 66.7 Å². The first-order valence-corrected chi connectivity index (χ1v) is 9.86. The number of ether oxygens (including phenoxy) is 2. The zero-order valence-corrected chi connectivity index (χ0v) is 18.0. The largest absolute Gasteiger partial charge is 0.465 e. The van der Waals surface area contributed by atoms with Crippen LogP contribution in [-0.2, 0) is 16.1 Å². The Morgan fingerprint density at radius 1 is 0.970 bits per heavy atom. The van der Waals surface area contributed by atoms with Crippen LogP contribution < -0.4 is 5.32 Å². The molecule has 0 atom stereocenters. The first-order chi connectivity index (χ1) is 15.8. The Labute approximate surface area is 193 Å². The third-order valence-corrected chi connectivity index (χ3v) is 4.83. The summed E-state index contributed by atoms with van der Waals surface area (Å²) in [6.07, 6.45) is 0. The van der Waals surface area contributed by atoms with Crippen LogP contribution in [0.4, 0.5) is 11.4 Å². The van der Waals surface area contributed by atoms with Crippen molar-refractivity contribution in [2.75, 3.05) is 12.4 Å². The van der Waals surface area contributed by atoms with Gasteiger partial charge < -0.3 is 14.8 Å². The van der Waals surface area contributed by atoms with Gasteiger partial charge >= 0.3 is 11.9 Å². The molecule has 0 aliphatic rings. The summed E-state index contributed by atoms with van der Waals surface area (Å²) >= 11 is 6.01. The van der Waals surface area contributed by atoms with E-state index < -0.39 is 22.8 Å². The molecule has 0 radical (unpaired) electrons. The average molecular weight is 469 g/mol. The van der Waals surface area contributed by atoms with E-state index >= 15 is 0 Å². The van der Waals surface area contributed by atoms with E-state index in [9.17, 15) is 24.5 Å². The molecular weight excluding hydrogens is 452 g/mol. The van der Waals surface area contributed by atoms with Crippen LogP contribution in [0.25, 0.3) is 0 Å². The maximum Gasteiger partial charge on any atom is 0.340 e. The number of methoxy groups -OCH3 is 1. The van der Waals surface area contributed by atoms with E-state index in [-0.39, 0.29) is 34.1 Å². The highest BCUT2D eigenvalue weighted by Gasteiger charge is 2.19. The predicted octanol–water partition coefficient (Wildman–Crippen LogP) is 4.64. The van der Waals surface area contributed by atoms with Crippen LogP contribution in [0, 0.1) is 10.1 Å². The number of hydrogen-bond donors (Lipinski definition) is 1. The fraction of sp³-hybridized carbons (Fsp3) is 0.0870. The molecule has 168 valence electrons. The number of amides is 1. The van der Waals surface area contributed by atoms with E-state index in [0.29, 0.717) is 11.1 Å². The van der Waals surface area contributed by atoms with Gasteiger partial charge in [0.2, 0.25) is 0 Å². The monoisotopic (exact) mass is 468 g/mol. The van der Waals surface area contributed by atoms with Gasteiger partial charge in [0.1, 0.15) is 6.61 Å². The lowest BCUT2D eigenvalue weighted by Gasteiger charge is -2.12. The molecule has 3 aromatic rings. The molecule has 0 aliphatic heterocycles. The first kappa shape index (κ1) is 23.4. The molecule has 1 N–H and O–H groups in total. The van der Waals surface area contributed by atoms with Gasteiger partial charge in [-0.05, 0) is 35.9 Å². The summed E-state index contributed by atoms with van der Waals surface area (Å²) in [6, 6.07) is 16.1. The molecule has 0 saturated carbocycles. The van der Waals surface area contributed by atoms with Crippen molar-refractivity contribution in [3.8, 4) is 0 Å². The highest BCUT2D eigenvalue weighted by Crippen LogP contribution is 2.24. The number of carbonyl (C=O) groups excluding carboxylic acids is 3. The second-order valence-electron chi connectivity index (χ2n) is 6.69. The van der Waals surface area contributed by atoms with Crippen molar-refractivity contribution in [3.63, 3.8) is 0 Å². The number of non-ortho nitro benzene ring substituents is 1. The van der Waals surface area contributed by atoms with Gasteiger partial charge in [0.25, 0.3) is 11.6 Å². The molecule has 1 amide bonds. The normalized spacial score (nSPS) is 10.2. The molecule has 0 unspecified atom stereocenters. The molecule has 3 rings (SSSR count). The Morgan fingerprint density at radius 2 is 1.73 bits per heavy atom. The SMILES string of the molecule is COC(=O)c1cccc(COC(=O)c2ccccc2NC(=O)c2ccc([N+](=O)[O-])cc2Cl)c1. The smallest absolute Gasteiger partial charge is 0.340 e. The molecule has 0 heterocycles. The number of esters is 2. The van der Waals surface area contributed by atoms with E-state index in [1.54, 1.807) is 36.4 Å². The maximum absolute atomic E-state index is 12.7. The summed E-state index contributed by atoms with van der Waals surface area (Å²) in [6.45, 7) is -0.111. The van der Waals surface area contributed by atoms with Crippen molar-refractivity contribution in [2.45, 2.75) is 6.61 Å². The van der Waals surface area contributed by atoms with Gasteiger partial charge in [-0.15, -0.1) is 0 Å². The van der Waals surface area contributed by atoms with E-state index in [0.717, 1.165) is 12.1 Å². The van der Waals surface area contributed by atoms with Crippen molar-refractivity contribution in [2.24, 2.45) is 0 Å². The van der Waals surface area contributed by atoms with Gasteiger partial charge in [-0.1, -0.05) is 35.9 Å². The Balaban J connectivity index is 1.74. The Hall–Kier alpha value is -4.24. The molecule has 3 aromatic carbocycles. The number of nitro groups is 1. The van der Waals surface area contributed by atoms with Crippen LogP contribution >= 0.6 is 11.6 Å². The summed E-state index contributed by atoms with van der Waals surface area (Å²) in [7, 11) is 1.27. The third-order valence-electron chi connectivity index (χ3n) is 4.52. The Kier molecular flexibility index (Phi) is 7.37. The number of nitro benzene ring substituents is 1. The molecule has 0 spiro atoms. The van der Waals surface area contributed by atoms with E-state index in [1.807, 2.05) is 0 Å². The zero-order valence-electron chi connectivity index (χ0n) is 17.2. The number of benzene rings is 3. The van der Waals surface area contributed by atoms with Gasteiger partial charge in [0.05, 0.1) is 39.4 Å². The van der Waals surface area contributed by atoms with Crippen LogP contribution in [0.5, 0.6) is 0 Å². The minimum absolute atomic E-state index is 0.00469. The molecule has 0 fully saturated rings. The second kappa shape index (κ2) is 10.4. The molecule has 0 saturated heterocycles. The predicted molar refractivity (Wildman–Crippen MR) is 119 cm³/mol. The fourth-order valence-corrected chi connectivity index (χ4v) is 3.15. The Bertz CT molecular complexity index is 1240. The van der Waals surface area contributed by atoms with Gasteiger partial charge in [-0.2, -0.15) is 0 Å². The first-order valence-electron chi connectivity index (χ1n) is 9.49. The highest BCUT2D eigenvalue weighted by molar-refractivity contribution is 6.34. The summed E-state index contributed by atoms with van der Waals surface area (Å²) in [5.74, 6) is -1.87. The number of para-hydroxylation sites is 1. The van der Waals surface area contributed by atoms with Crippen molar-refractivity contribution in [1.29, 1.82) is 0 Å². The Morgan fingerprint density at radius 3 is 2.42 bits per heavy atom. The highest BCUT2D eigenvalue weighted by atomic mass is 35.5. The zero-order chi connectivity index (χ0) is 24.0. The lowest BCUT2D eigenvalue weighted by Crippen LogP contribution is -2.16. The summed E-state index contributed by atoms with van der Waals surface area (Å²) < 4.78 is 10.0. The average Bonchev–Trinajstić information content (AvgIpc) is 2.82. The van der Waals surface area contributed by atoms with Gasteiger partial charge in [-0.25, -0.2) is 9.59 Å². The quantitative estimate of drug-likeness (QED) is 0.304. The molecule has 9 nitrogen and oxygen atoms in total. The van der Waals surface area contributed by atoms with Gasteiger partial charge in [0, 0.05) is 12.1 Å². The fourth-order valence-electron chi connectivity index (χ4n) is 2.89. The number of nitrogens with one attached hydrogen (secondary N) is 1. The lowest BCUT2D eigenvalue weighted by molar-refractivity contribution is -0.384. The molecule has 0 aromatic heterocycles. The van der Waals surface area contributed by atoms with Crippen molar-refractivity contribution < 1.29 is 28.8 Å². The molecular formula is C23H17ClN2O7. The maximum atomic E-state index is 12.7. The number of halogens is 1. The molecule has 0 aliphatic carbocycles. The standard InChI is InChI=1S/C23H17ClN2O7/c1-32-22(28)15-6-4-5-14(11-15)13-33-23(29)18-7-2-3-8-20(18)25-21(27)17-10-9-16(26(30)31)12-19(17)24/h2-12H,13H2,1H3,(H,25,27).